The summed E-state index contributed by atoms with van der Waals surface area (Å²) >= 11 is 6.31. The molecule has 3 N–H and O–H groups in total. The van der Waals surface area contributed by atoms with Gasteiger partial charge in [0, 0.05) is 29.9 Å². The monoisotopic (exact) mass is 644 g/mol. The van der Waals surface area contributed by atoms with Crippen LogP contribution in [0.2, 0.25) is 5.02 Å². The number of sulfone groups is 1. The van der Waals surface area contributed by atoms with Crippen molar-refractivity contribution >= 4 is 39.0 Å². The van der Waals surface area contributed by atoms with Gasteiger partial charge in [0.05, 0.1) is 27.4 Å². The van der Waals surface area contributed by atoms with E-state index in [0.29, 0.717) is 18.6 Å². The van der Waals surface area contributed by atoms with E-state index in [0.717, 1.165) is 6.07 Å². The first-order chi connectivity index (χ1) is 20.1. The summed E-state index contributed by atoms with van der Waals surface area (Å²) in [7, 11) is -4.09. The fourth-order valence-electron chi connectivity index (χ4n) is 6.54. The lowest BCUT2D eigenvalue weighted by Crippen LogP contribution is -2.57. The van der Waals surface area contributed by atoms with E-state index < -0.39 is 56.1 Å². The molecule has 6 atom stereocenters. The molecule has 2 aliphatic carbocycles. The Morgan fingerprint density at radius 3 is 2.35 bits per heavy atom. The van der Waals surface area contributed by atoms with Crippen LogP contribution in [0.1, 0.15) is 57.3 Å². The lowest BCUT2D eigenvalue weighted by molar-refractivity contribution is -0.147. The van der Waals surface area contributed by atoms with Crippen LogP contribution in [0, 0.1) is 41.1 Å². The molecule has 0 heterocycles. The summed E-state index contributed by atoms with van der Waals surface area (Å²) in [6.07, 6.45) is 0.889. The molecular weight excluding hydrogens is 609 g/mol. The van der Waals surface area contributed by atoms with E-state index in [-0.39, 0.29) is 70.8 Å². The molecule has 0 spiro atoms. The number of carbonyl (C=O) groups is 2. The van der Waals surface area contributed by atoms with Gasteiger partial charge in [0.25, 0.3) is 5.91 Å². The number of hydrogen-bond donors (Lipinski definition) is 3. The SMILES string of the molecule is CCOC(=O)[C@@H](NC[C@@]1(O)C2C[C@@H](S(=O)(=O)c3cc(C(=O)Nc4cc(F)c(F)c(F)c4)ccc3Cl)CC1[C@@H](C)C2)C(C)C. The Morgan fingerprint density at radius 2 is 1.77 bits per heavy atom. The molecule has 0 aliphatic heterocycles. The van der Waals surface area contributed by atoms with Crippen molar-refractivity contribution in [2.45, 2.75) is 68.7 Å². The van der Waals surface area contributed by atoms with Crippen LogP contribution in [-0.4, -0.2) is 55.4 Å². The highest BCUT2D eigenvalue weighted by molar-refractivity contribution is 7.92. The molecular formula is C30H36ClF3N2O6S. The Hall–Kier alpha value is -2.67. The Morgan fingerprint density at radius 1 is 1.12 bits per heavy atom. The normalized spacial score (nSPS) is 25.9. The summed E-state index contributed by atoms with van der Waals surface area (Å²) in [6, 6.07) is 4.19. The van der Waals surface area contributed by atoms with Gasteiger partial charge in [-0.25, -0.2) is 21.6 Å². The van der Waals surface area contributed by atoms with Crippen LogP contribution in [0.4, 0.5) is 18.9 Å². The van der Waals surface area contributed by atoms with Crippen molar-refractivity contribution in [3.8, 4) is 0 Å². The molecule has 0 aromatic heterocycles. The number of carbonyl (C=O) groups excluding carboxylic acids is 2. The molecule has 13 heteroatoms. The van der Waals surface area contributed by atoms with Crippen LogP contribution in [0.15, 0.2) is 35.2 Å². The number of halogens is 4. The number of fused-ring (bicyclic) bond motifs is 2. The van der Waals surface area contributed by atoms with Gasteiger partial charge < -0.3 is 20.5 Å². The zero-order valence-electron chi connectivity index (χ0n) is 24.3. The summed E-state index contributed by atoms with van der Waals surface area (Å²) < 4.78 is 73.5. The van der Waals surface area contributed by atoms with Gasteiger partial charge in [-0.2, -0.15) is 0 Å². The van der Waals surface area contributed by atoms with Crippen LogP contribution < -0.4 is 10.6 Å². The lowest BCUT2D eigenvalue weighted by atomic mass is 9.73. The largest absolute Gasteiger partial charge is 0.465 e. The van der Waals surface area contributed by atoms with Crippen LogP contribution in [0.25, 0.3) is 0 Å². The van der Waals surface area contributed by atoms with Crippen molar-refractivity contribution < 1.29 is 41.0 Å². The number of amides is 1. The fourth-order valence-corrected chi connectivity index (χ4v) is 8.92. The molecule has 2 saturated carbocycles. The molecule has 0 saturated heterocycles. The standard InChI is InChI=1S/C30H36ClF3N2O6S/c1-5-42-29(38)27(15(2)3)35-14-30(39)18-8-16(4)21(30)13-20(10-18)43(40,41)25-9-17(6-7-22(25)31)28(37)36-19-11-23(32)26(34)24(33)12-19/h6-7,9,11-12,15-16,18,20-21,27,35,39H,5,8,10,13-14H2,1-4H3,(H,36,37)/t16-,18?,20+,21?,27-,30+/m0/s1. The second kappa shape index (κ2) is 12.7. The van der Waals surface area contributed by atoms with Gasteiger partial charge >= 0.3 is 5.97 Å². The van der Waals surface area contributed by atoms with Crippen molar-refractivity contribution in [1.29, 1.82) is 0 Å². The van der Waals surface area contributed by atoms with Crippen LogP contribution >= 0.6 is 11.6 Å². The Balaban J connectivity index is 1.54. The molecule has 236 valence electrons. The average Bonchev–Trinajstić information content (AvgIpc) is 3.04. The minimum absolute atomic E-state index is 0.0150. The first-order valence-electron chi connectivity index (χ1n) is 14.2. The van der Waals surface area contributed by atoms with E-state index in [1.54, 1.807) is 6.92 Å². The number of esters is 1. The Labute approximate surface area is 254 Å². The van der Waals surface area contributed by atoms with Crippen LogP contribution in [0.5, 0.6) is 0 Å². The number of hydrogen-bond acceptors (Lipinski definition) is 7. The van der Waals surface area contributed by atoms with E-state index >= 15 is 0 Å². The summed E-state index contributed by atoms with van der Waals surface area (Å²) in [4.78, 5) is 25.0. The molecule has 2 unspecified atom stereocenters. The lowest BCUT2D eigenvalue weighted by Gasteiger charge is -2.44. The van der Waals surface area contributed by atoms with Gasteiger partial charge in [-0.3, -0.25) is 9.59 Å². The maximum absolute atomic E-state index is 13.9. The second-order valence-electron chi connectivity index (χ2n) is 11.9. The molecule has 8 nitrogen and oxygen atoms in total. The van der Waals surface area contributed by atoms with Crippen molar-refractivity contribution in [1.82, 2.24) is 5.32 Å². The van der Waals surface area contributed by atoms with Crippen molar-refractivity contribution in [3.63, 3.8) is 0 Å². The highest BCUT2D eigenvalue weighted by Crippen LogP contribution is 2.54. The van der Waals surface area contributed by atoms with E-state index in [4.69, 9.17) is 16.3 Å². The number of nitrogens with one attached hydrogen (secondary N) is 2. The van der Waals surface area contributed by atoms with Gasteiger partial charge in [-0.15, -0.1) is 0 Å². The minimum atomic E-state index is -4.09. The number of aliphatic hydroxyl groups is 1. The number of rotatable bonds is 10. The highest BCUT2D eigenvalue weighted by atomic mass is 35.5. The van der Waals surface area contributed by atoms with Crippen molar-refractivity contribution in [3.05, 3.63) is 58.4 Å². The molecule has 1 amide bonds. The van der Waals surface area contributed by atoms with Crippen LogP contribution in [-0.2, 0) is 19.4 Å². The molecule has 2 aliphatic rings. The Kier molecular flexibility index (Phi) is 9.85. The van der Waals surface area contributed by atoms with E-state index in [9.17, 15) is 36.3 Å². The fraction of sp³-hybridized carbons (Fsp3) is 0.533. The van der Waals surface area contributed by atoms with Gasteiger partial charge in [-0.05, 0) is 68.1 Å². The van der Waals surface area contributed by atoms with Gasteiger partial charge in [0.2, 0.25) is 0 Å². The van der Waals surface area contributed by atoms with Gasteiger partial charge in [0.15, 0.2) is 27.3 Å². The van der Waals surface area contributed by atoms with E-state index in [2.05, 4.69) is 10.6 Å². The molecule has 4 rings (SSSR count). The molecule has 43 heavy (non-hydrogen) atoms. The molecule has 0 radical (unpaired) electrons. The minimum Gasteiger partial charge on any atom is -0.465 e. The molecule has 2 bridgehead atoms. The maximum atomic E-state index is 13.9. The molecule has 2 aromatic rings. The third-order valence-corrected chi connectivity index (χ3v) is 11.4. The number of anilines is 1. The predicted molar refractivity (Wildman–Crippen MR) is 155 cm³/mol. The second-order valence-corrected chi connectivity index (χ2v) is 14.5. The summed E-state index contributed by atoms with van der Waals surface area (Å²) in [5.74, 6) is -6.81. The number of ether oxygens (including phenoxy) is 1. The summed E-state index contributed by atoms with van der Waals surface area (Å²) in [5, 5.41) is 16.3. The predicted octanol–water partition coefficient (Wildman–Crippen LogP) is 5.13. The molecule has 2 fully saturated rings. The van der Waals surface area contributed by atoms with Crippen molar-refractivity contribution in [2.24, 2.45) is 23.7 Å². The average molecular weight is 645 g/mol. The smallest absolute Gasteiger partial charge is 0.323 e. The third kappa shape index (κ3) is 6.57. The van der Waals surface area contributed by atoms with Crippen molar-refractivity contribution in [2.75, 3.05) is 18.5 Å². The summed E-state index contributed by atoms with van der Waals surface area (Å²) in [6.45, 7) is 7.75. The third-order valence-electron chi connectivity index (χ3n) is 8.75. The number of benzene rings is 2. The topological polar surface area (TPSA) is 122 Å². The van der Waals surface area contributed by atoms with Crippen LogP contribution in [0.3, 0.4) is 0 Å². The quantitative estimate of drug-likeness (QED) is 0.242. The highest BCUT2D eigenvalue weighted by Gasteiger charge is 2.58. The Bertz CT molecular complexity index is 1480. The van der Waals surface area contributed by atoms with Gasteiger partial charge in [0.1, 0.15) is 6.04 Å². The molecule has 2 aromatic carbocycles. The zero-order chi connectivity index (χ0) is 31.9. The van der Waals surface area contributed by atoms with E-state index in [1.807, 2.05) is 20.8 Å². The first-order valence-corrected chi connectivity index (χ1v) is 16.1. The van der Waals surface area contributed by atoms with E-state index in [1.165, 1.54) is 12.1 Å². The first kappa shape index (κ1) is 33.2. The zero-order valence-corrected chi connectivity index (χ0v) is 25.9. The van der Waals surface area contributed by atoms with Gasteiger partial charge in [-0.1, -0.05) is 32.4 Å². The summed E-state index contributed by atoms with van der Waals surface area (Å²) in [5.41, 5.74) is -1.73. The maximum Gasteiger partial charge on any atom is 0.323 e.